The molecule has 3 rings (SSSR count). The third-order valence-electron chi connectivity index (χ3n) is 3.83. The summed E-state index contributed by atoms with van der Waals surface area (Å²) in [5, 5.41) is 2.13. The fourth-order valence-electron chi connectivity index (χ4n) is 2.74. The first-order valence-corrected chi connectivity index (χ1v) is 7.79. The normalized spacial score (nSPS) is 17.9. The van der Waals surface area contributed by atoms with Gasteiger partial charge in [0.05, 0.1) is 6.04 Å². The summed E-state index contributed by atoms with van der Waals surface area (Å²) in [7, 11) is 0. The third-order valence-corrected chi connectivity index (χ3v) is 5.04. The van der Waals surface area contributed by atoms with Crippen molar-refractivity contribution in [3.63, 3.8) is 0 Å². The van der Waals surface area contributed by atoms with Crippen LogP contribution in [0.3, 0.4) is 0 Å². The number of thiocarbonyl (C=S) groups is 1. The Balaban J connectivity index is 1.95. The van der Waals surface area contributed by atoms with E-state index < -0.39 is 0 Å². The molecule has 1 atom stereocenters. The molecule has 0 fully saturated rings. The fraction of sp³-hybridized carbons (Fsp3) is 0.267. The largest absolute Gasteiger partial charge is 0.389 e. The molecule has 5 heteroatoms. The maximum absolute atomic E-state index is 14.0. The molecule has 2 aromatic rings. The van der Waals surface area contributed by atoms with E-state index in [-0.39, 0.29) is 16.8 Å². The Bertz CT molecular complexity index is 666. The predicted octanol–water partition coefficient (Wildman–Crippen LogP) is 3.65. The third kappa shape index (κ3) is 2.21. The van der Waals surface area contributed by atoms with E-state index >= 15 is 0 Å². The van der Waals surface area contributed by atoms with Crippen molar-refractivity contribution in [2.45, 2.75) is 19.4 Å². The molecule has 1 aliphatic rings. The van der Waals surface area contributed by atoms with Crippen LogP contribution in [0.15, 0.2) is 29.6 Å². The lowest BCUT2D eigenvalue weighted by Gasteiger charge is -2.35. The number of hydrogen-bond acceptors (Lipinski definition) is 3. The van der Waals surface area contributed by atoms with Gasteiger partial charge in [-0.1, -0.05) is 12.2 Å². The van der Waals surface area contributed by atoms with Crippen LogP contribution in [-0.2, 0) is 6.42 Å². The van der Waals surface area contributed by atoms with Crippen molar-refractivity contribution in [2.75, 3.05) is 11.4 Å². The number of nitrogens with two attached hydrogens (primary N) is 1. The first kappa shape index (κ1) is 13.5. The lowest BCUT2D eigenvalue weighted by Crippen LogP contribution is -2.33. The van der Waals surface area contributed by atoms with Gasteiger partial charge in [0.1, 0.15) is 10.8 Å². The van der Waals surface area contributed by atoms with Crippen molar-refractivity contribution in [1.29, 1.82) is 0 Å². The average Bonchev–Trinajstić information content (AvgIpc) is 2.87. The highest BCUT2D eigenvalue weighted by molar-refractivity contribution is 7.80. The molecule has 0 saturated carbocycles. The monoisotopic (exact) mass is 306 g/mol. The Morgan fingerprint density at radius 1 is 1.45 bits per heavy atom. The molecule has 1 aromatic carbocycles. The molecule has 0 saturated heterocycles. The highest BCUT2D eigenvalue weighted by atomic mass is 32.1. The van der Waals surface area contributed by atoms with Crippen LogP contribution in [0, 0.1) is 5.82 Å². The van der Waals surface area contributed by atoms with Gasteiger partial charge in [-0.3, -0.25) is 0 Å². The molecule has 1 aliphatic heterocycles. The van der Waals surface area contributed by atoms with Crippen LogP contribution >= 0.6 is 23.6 Å². The van der Waals surface area contributed by atoms with E-state index in [2.05, 4.69) is 23.3 Å². The number of anilines is 1. The zero-order valence-corrected chi connectivity index (χ0v) is 12.7. The molecule has 0 aliphatic carbocycles. The molecule has 2 heterocycles. The number of rotatable bonds is 2. The average molecular weight is 306 g/mol. The number of benzene rings is 1. The lowest BCUT2D eigenvalue weighted by atomic mass is 10.0. The maximum Gasteiger partial charge on any atom is 0.135 e. The van der Waals surface area contributed by atoms with E-state index in [0.717, 1.165) is 18.7 Å². The molecule has 0 radical (unpaired) electrons. The second-order valence-corrected chi connectivity index (χ2v) is 6.39. The zero-order valence-electron chi connectivity index (χ0n) is 11.1. The topological polar surface area (TPSA) is 29.3 Å². The van der Waals surface area contributed by atoms with Crippen molar-refractivity contribution in [3.8, 4) is 0 Å². The predicted molar refractivity (Wildman–Crippen MR) is 86.1 cm³/mol. The molecule has 104 valence electrons. The van der Waals surface area contributed by atoms with Gasteiger partial charge in [0.2, 0.25) is 0 Å². The van der Waals surface area contributed by atoms with E-state index in [1.807, 2.05) is 6.07 Å². The molecule has 2 nitrogen and oxygen atoms in total. The van der Waals surface area contributed by atoms with E-state index in [4.69, 9.17) is 18.0 Å². The van der Waals surface area contributed by atoms with Crippen LogP contribution in [0.5, 0.6) is 0 Å². The van der Waals surface area contributed by atoms with E-state index in [1.54, 1.807) is 17.4 Å². The van der Waals surface area contributed by atoms with Crippen molar-refractivity contribution in [1.82, 2.24) is 0 Å². The van der Waals surface area contributed by atoms with Crippen LogP contribution in [0.1, 0.15) is 29.0 Å². The Labute approximate surface area is 127 Å². The molecule has 2 N–H and O–H groups in total. The van der Waals surface area contributed by atoms with E-state index in [1.165, 1.54) is 16.5 Å². The van der Waals surface area contributed by atoms with Gasteiger partial charge < -0.3 is 10.6 Å². The summed E-state index contributed by atoms with van der Waals surface area (Å²) in [6.07, 6.45) is 1.01. The number of nitrogens with zero attached hydrogens (tertiary/aromatic N) is 1. The summed E-state index contributed by atoms with van der Waals surface area (Å²) in [6, 6.07) is 7.52. The van der Waals surface area contributed by atoms with Gasteiger partial charge in [-0.15, -0.1) is 11.3 Å². The molecule has 1 unspecified atom stereocenters. The zero-order chi connectivity index (χ0) is 14.3. The minimum absolute atomic E-state index is 0.0980. The first-order valence-electron chi connectivity index (χ1n) is 6.50. The minimum atomic E-state index is -0.349. The summed E-state index contributed by atoms with van der Waals surface area (Å²) in [5.74, 6) is -0.349. The highest BCUT2D eigenvalue weighted by Gasteiger charge is 2.25. The van der Waals surface area contributed by atoms with Crippen molar-refractivity contribution in [2.24, 2.45) is 5.73 Å². The minimum Gasteiger partial charge on any atom is -0.389 e. The van der Waals surface area contributed by atoms with E-state index in [9.17, 15) is 4.39 Å². The molecular weight excluding hydrogens is 291 g/mol. The molecule has 1 aromatic heterocycles. The van der Waals surface area contributed by atoms with Crippen molar-refractivity contribution in [3.05, 3.63) is 51.5 Å². The number of hydrogen-bond donors (Lipinski definition) is 1. The number of fused-ring (bicyclic) bond motifs is 1. The Kier molecular flexibility index (Phi) is 3.48. The van der Waals surface area contributed by atoms with Gasteiger partial charge in [-0.05, 0) is 48.6 Å². The van der Waals surface area contributed by atoms with Crippen LogP contribution in [-0.4, -0.2) is 11.5 Å². The number of thiophene rings is 1. The smallest absolute Gasteiger partial charge is 0.135 e. The lowest BCUT2D eigenvalue weighted by molar-refractivity contribution is 0.610. The summed E-state index contributed by atoms with van der Waals surface area (Å²) in [6.45, 7) is 3.06. The second-order valence-electron chi connectivity index (χ2n) is 4.95. The van der Waals surface area contributed by atoms with Gasteiger partial charge in [0.25, 0.3) is 0 Å². The first-order chi connectivity index (χ1) is 9.58. The standard InChI is InChI=1S/C15H15FN2S2/c1-9-11-5-7-20-14(11)4-6-18(9)10-2-3-12(15(17)19)13(16)8-10/h2-3,5,7-9H,4,6H2,1H3,(H2,17,19). The van der Waals surface area contributed by atoms with Crippen LogP contribution in [0.4, 0.5) is 10.1 Å². The van der Waals surface area contributed by atoms with Gasteiger partial charge in [0.15, 0.2) is 0 Å². The second kappa shape index (κ2) is 5.14. The highest BCUT2D eigenvalue weighted by Crippen LogP contribution is 2.36. The quantitative estimate of drug-likeness (QED) is 0.859. The molecule has 20 heavy (non-hydrogen) atoms. The van der Waals surface area contributed by atoms with Gasteiger partial charge >= 0.3 is 0 Å². The van der Waals surface area contributed by atoms with Crippen molar-refractivity contribution >= 4 is 34.2 Å². The van der Waals surface area contributed by atoms with Crippen LogP contribution in [0.25, 0.3) is 0 Å². The molecule has 0 amide bonds. The van der Waals surface area contributed by atoms with Crippen LogP contribution in [0.2, 0.25) is 0 Å². The van der Waals surface area contributed by atoms with Gasteiger partial charge in [-0.25, -0.2) is 4.39 Å². The fourth-order valence-corrected chi connectivity index (χ4v) is 3.87. The summed E-state index contributed by atoms with van der Waals surface area (Å²) >= 11 is 6.64. The summed E-state index contributed by atoms with van der Waals surface area (Å²) in [5.41, 5.74) is 8.04. The van der Waals surface area contributed by atoms with Crippen molar-refractivity contribution < 1.29 is 4.39 Å². The maximum atomic E-state index is 14.0. The summed E-state index contributed by atoms with van der Waals surface area (Å²) < 4.78 is 14.0. The Hall–Kier alpha value is -1.46. The summed E-state index contributed by atoms with van der Waals surface area (Å²) in [4.78, 5) is 3.76. The Morgan fingerprint density at radius 2 is 2.25 bits per heavy atom. The van der Waals surface area contributed by atoms with Gasteiger partial charge in [0, 0.05) is 22.7 Å². The van der Waals surface area contributed by atoms with Gasteiger partial charge in [-0.2, -0.15) is 0 Å². The Morgan fingerprint density at radius 3 is 2.95 bits per heavy atom. The van der Waals surface area contributed by atoms with Crippen LogP contribution < -0.4 is 10.6 Å². The molecule has 0 bridgehead atoms. The number of halogens is 1. The van der Waals surface area contributed by atoms with E-state index in [0.29, 0.717) is 5.56 Å². The molecular formula is C15H15FN2S2. The SMILES string of the molecule is CC1c2ccsc2CCN1c1ccc(C(N)=S)c(F)c1. The molecule has 0 spiro atoms.